The minimum atomic E-state index is -0.369. The second-order valence-electron chi connectivity index (χ2n) is 4.20. The molecule has 0 fully saturated rings. The monoisotopic (exact) mass is 273 g/mol. The van der Waals surface area contributed by atoms with Gasteiger partial charge in [-0.2, -0.15) is 0 Å². The third-order valence-corrected chi connectivity index (χ3v) is 2.54. The molecule has 0 aliphatic carbocycles. The van der Waals surface area contributed by atoms with Crippen molar-refractivity contribution < 1.29 is 14.3 Å². The van der Waals surface area contributed by atoms with E-state index in [0.717, 1.165) is 17.5 Å². The molecule has 1 N–H and O–H groups in total. The zero-order valence-corrected chi connectivity index (χ0v) is 11.8. The first kappa shape index (κ1) is 15.7. The summed E-state index contributed by atoms with van der Waals surface area (Å²) in [6, 6.07) is 7.78. The second kappa shape index (κ2) is 8.69. The van der Waals surface area contributed by atoms with Crippen molar-refractivity contribution in [2.24, 2.45) is 0 Å². The smallest absolute Gasteiger partial charge is 0.330 e. The molecule has 1 amide bonds. The first-order chi connectivity index (χ1) is 9.61. The summed E-state index contributed by atoms with van der Waals surface area (Å²) >= 11 is 0. The molecule has 0 bridgehead atoms. The van der Waals surface area contributed by atoms with Crippen molar-refractivity contribution in [2.75, 3.05) is 13.7 Å². The van der Waals surface area contributed by atoms with Crippen molar-refractivity contribution in [3.63, 3.8) is 0 Å². The molecular weight excluding hydrogens is 254 g/mol. The molecule has 106 valence electrons. The van der Waals surface area contributed by atoms with Crippen molar-refractivity contribution in [3.05, 3.63) is 47.5 Å². The summed E-state index contributed by atoms with van der Waals surface area (Å²) < 4.78 is 4.52. The predicted octanol–water partition coefficient (Wildman–Crippen LogP) is 2.41. The number of amides is 1. The number of rotatable bonds is 6. The van der Waals surface area contributed by atoms with Crippen LogP contribution >= 0.6 is 0 Å². The van der Waals surface area contributed by atoms with Gasteiger partial charge in [0.1, 0.15) is 0 Å². The Kier molecular flexibility index (Phi) is 6.82. The minimum Gasteiger partial charge on any atom is -0.466 e. The van der Waals surface area contributed by atoms with Crippen molar-refractivity contribution >= 4 is 24.0 Å². The number of nitrogens with one attached hydrogen (secondary N) is 1. The Morgan fingerprint density at radius 1 is 1.15 bits per heavy atom. The number of hydrogen-bond acceptors (Lipinski definition) is 3. The predicted molar refractivity (Wildman–Crippen MR) is 79.8 cm³/mol. The van der Waals surface area contributed by atoms with E-state index in [1.807, 2.05) is 36.4 Å². The molecule has 0 spiro atoms. The lowest BCUT2D eigenvalue weighted by Crippen LogP contribution is -2.20. The number of carbonyl (C=O) groups is 2. The standard InChI is InChI=1S/C16H19NO3/c1-13(18)17-12-4-3-5-14-6-8-15(9-7-14)10-11-16(19)20-2/h3,5-11H,4,12H2,1-2H3,(H,17,18)/b5-3?,11-10+. The molecular formula is C16H19NO3. The van der Waals surface area contributed by atoms with Crippen LogP contribution in [0.25, 0.3) is 12.2 Å². The highest BCUT2D eigenvalue weighted by molar-refractivity contribution is 5.86. The molecule has 0 saturated carbocycles. The van der Waals surface area contributed by atoms with Crippen LogP contribution in [0.5, 0.6) is 0 Å². The molecule has 4 nitrogen and oxygen atoms in total. The van der Waals surface area contributed by atoms with E-state index in [1.165, 1.54) is 20.1 Å². The Balaban J connectivity index is 2.46. The lowest BCUT2D eigenvalue weighted by molar-refractivity contribution is -0.134. The third-order valence-electron chi connectivity index (χ3n) is 2.54. The van der Waals surface area contributed by atoms with Crippen molar-refractivity contribution in [2.45, 2.75) is 13.3 Å². The van der Waals surface area contributed by atoms with Gasteiger partial charge < -0.3 is 10.1 Å². The van der Waals surface area contributed by atoms with Crippen LogP contribution in [0.4, 0.5) is 0 Å². The summed E-state index contributed by atoms with van der Waals surface area (Å²) in [7, 11) is 1.35. The van der Waals surface area contributed by atoms with E-state index < -0.39 is 0 Å². The maximum atomic E-state index is 11.0. The normalized spacial score (nSPS) is 10.9. The maximum absolute atomic E-state index is 11.0. The summed E-state index contributed by atoms with van der Waals surface area (Å²) in [5.74, 6) is -0.382. The lowest BCUT2D eigenvalue weighted by atomic mass is 10.1. The molecule has 0 saturated heterocycles. The molecule has 0 aromatic heterocycles. The molecule has 1 rings (SSSR count). The number of carbonyl (C=O) groups excluding carboxylic acids is 2. The summed E-state index contributed by atoms with van der Waals surface area (Å²) in [6.45, 7) is 2.15. The van der Waals surface area contributed by atoms with Gasteiger partial charge in [-0.15, -0.1) is 0 Å². The van der Waals surface area contributed by atoms with Crippen molar-refractivity contribution in [1.29, 1.82) is 0 Å². The van der Waals surface area contributed by atoms with E-state index in [1.54, 1.807) is 6.08 Å². The zero-order chi connectivity index (χ0) is 14.8. The summed E-state index contributed by atoms with van der Waals surface area (Å²) in [4.78, 5) is 21.6. The number of hydrogen-bond donors (Lipinski definition) is 1. The fraction of sp³-hybridized carbons (Fsp3) is 0.250. The van der Waals surface area contributed by atoms with E-state index in [2.05, 4.69) is 10.1 Å². The van der Waals surface area contributed by atoms with E-state index in [9.17, 15) is 9.59 Å². The number of benzene rings is 1. The van der Waals surface area contributed by atoms with E-state index in [0.29, 0.717) is 6.54 Å². The summed E-state index contributed by atoms with van der Waals surface area (Å²) in [6.07, 6.45) is 7.89. The Morgan fingerprint density at radius 3 is 2.30 bits per heavy atom. The van der Waals surface area contributed by atoms with Crippen LogP contribution in [0.15, 0.2) is 36.4 Å². The van der Waals surface area contributed by atoms with Gasteiger partial charge in [0, 0.05) is 19.5 Å². The molecule has 4 heteroatoms. The van der Waals surface area contributed by atoms with Gasteiger partial charge in [-0.05, 0) is 23.6 Å². The van der Waals surface area contributed by atoms with Gasteiger partial charge in [-0.3, -0.25) is 4.79 Å². The molecule has 0 aliphatic heterocycles. The van der Waals surface area contributed by atoms with E-state index >= 15 is 0 Å². The van der Waals surface area contributed by atoms with E-state index in [-0.39, 0.29) is 11.9 Å². The van der Waals surface area contributed by atoms with Crippen molar-refractivity contribution in [1.82, 2.24) is 5.32 Å². The van der Waals surface area contributed by atoms with Gasteiger partial charge in [-0.25, -0.2) is 4.79 Å². The minimum absolute atomic E-state index is 0.0138. The molecule has 0 unspecified atom stereocenters. The summed E-state index contributed by atoms with van der Waals surface area (Å²) in [5.41, 5.74) is 2.01. The van der Waals surface area contributed by atoms with Crippen LogP contribution in [0.2, 0.25) is 0 Å². The highest BCUT2D eigenvalue weighted by atomic mass is 16.5. The van der Waals surface area contributed by atoms with Crippen molar-refractivity contribution in [3.8, 4) is 0 Å². The maximum Gasteiger partial charge on any atom is 0.330 e. The topological polar surface area (TPSA) is 55.4 Å². The molecule has 0 aliphatic rings. The van der Waals surface area contributed by atoms with Gasteiger partial charge in [0.2, 0.25) is 5.91 Å². The number of ether oxygens (including phenoxy) is 1. The fourth-order valence-corrected chi connectivity index (χ4v) is 1.50. The third kappa shape index (κ3) is 6.54. The first-order valence-corrected chi connectivity index (χ1v) is 6.39. The van der Waals surface area contributed by atoms with E-state index in [4.69, 9.17) is 0 Å². The molecule has 0 heterocycles. The largest absolute Gasteiger partial charge is 0.466 e. The highest BCUT2D eigenvalue weighted by Crippen LogP contribution is 2.08. The van der Waals surface area contributed by atoms with Crippen LogP contribution in [0, 0.1) is 0 Å². The van der Waals surface area contributed by atoms with Gasteiger partial charge in [0.05, 0.1) is 7.11 Å². The van der Waals surface area contributed by atoms with Gasteiger partial charge >= 0.3 is 5.97 Å². The van der Waals surface area contributed by atoms with Crippen LogP contribution in [0.3, 0.4) is 0 Å². The Labute approximate surface area is 119 Å². The molecule has 0 atom stereocenters. The zero-order valence-electron chi connectivity index (χ0n) is 11.8. The average Bonchev–Trinajstić information content (AvgIpc) is 2.45. The molecule has 20 heavy (non-hydrogen) atoms. The SMILES string of the molecule is COC(=O)/C=C/c1ccc(C=CCCNC(C)=O)cc1. The Bertz CT molecular complexity index is 501. The first-order valence-electron chi connectivity index (χ1n) is 6.39. The van der Waals surface area contributed by atoms with Crippen LogP contribution in [0.1, 0.15) is 24.5 Å². The quantitative estimate of drug-likeness (QED) is 0.492. The van der Waals surface area contributed by atoms with Gasteiger partial charge in [0.15, 0.2) is 0 Å². The molecule has 1 aromatic carbocycles. The summed E-state index contributed by atoms with van der Waals surface area (Å²) in [5, 5.41) is 2.73. The van der Waals surface area contributed by atoms with Crippen LogP contribution in [-0.4, -0.2) is 25.5 Å². The Hall–Kier alpha value is -2.36. The number of methoxy groups -OCH3 is 1. The van der Waals surface area contributed by atoms with Gasteiger partial charge in [-0.1, -0.05) is 36.4 Å². The average molecular weight is 273 g/mol. The molecule has 0 radical (unpaired) electrons. The van der Waals surface area contributed by atoms with Gasteiger partial charge in [0.25, 0.3) is 0 Å². The number of esters is 1. The fourth-order valence-electron chi connectivity index (χ4n) is 1.50. The molecule has 1 aromatic rings. The van der Waals surface area contributed by atoms with Crippen LogP contribution < -0.4 is 5.32 Å². The highest BCUT2D eigenvalue weighted by Gasteiger charge is 1.92. The lowest BCUT2D eigenvalue weighted by Gasteiger charge is -1.98. The second-order valence-corrected chi connectivity index (χ2v) is 4.20. The Morgan fingerprint density at radius 2 is 1.75 bits per heavy atom. The van der Waals surface area contributed by atoms with Crippen LogP contribution in [-0.2, 0) is 14.3 Å².